The van der Waals surface area contributed by atoms with E-state index >= 15 is 0 Å². The normalized spacial score (nSPS) is 20.1. The molecule has 27 heavy (non-hydrogen) atoms. The molecule has 2 aliphatic rings. The van der Waals surface area contributed by atoms with Crippen LogP contribution in [0.25, 0.3) is 0 Å². The summed E-state index contributed by atoms with van der Waals surface area (Å²) in [6, 6.07) is 3.33. The summed E-state index contributed by atoms with van der Waals surface area (Å²) in [5.41, 5.74) is -0.261. The Morgan fingerprint density at radius 1 is 1.26 bits per heavy atom. The summed E-state index contributed by atoms with van der Waals surface area (Å²) in [4.78, 5) is 12.1. The number of rotatable bonds is 6. The molecular weight excluding hydrogens is 375 g/mol. The van der Waals surface area contributed by atoms with E-state index < -0.39 is 27.5 Å². The fourth-order valence-corrected chi connectivity index (χ4v) is 4.78. The van der Waals surface area contributed by atoms with E-state index in [0.29, 0.717) is 32.6 Å². The van der Waals surface area contributed by atoms with E-state index in [9.17, 15) is 17.6 Å². The molecule has 1 aromatic rings. The van der Waals surface area contributed by atoms with Crippen LogP contribution in [0.4, 0.5) is 4.39 Å². The van der Waals surface area contributed by atoms with Gasteiger partial charge in [-0.1, -0.05) is 13.3 Å². The monoisotopic (exact) mass is 400 g/mol. The van der Waals surface area contributed by atoms with Crippen molar-refractivity contribution in [1.29, 1.82) is 0 Å². The van der Waals surface area contributed by atoms with Gasteiger partial charge in [0.1, 0.15) is 5.82 Å². The molecule has 0 aromatic heterocycles. The number of piperidine rings is 1. The van der Waals surface area contributed by atoms with Crippen LogP contribution in [0.15, 0.2) is 23.1 Å². The van der Waals surface area contributed by atoms with Crippen molar-refractivity contribution in [3.63, 3.8) is 0 Å². The molecule has 2 heterocycles. The quantitative estimate of drug-likeness (QED) is 0.737. The molecule has 3 rings (SSSR count). The molecule has 1 spiro atoms. The summed E-state index contributed by atoms with van der Waals surface area (Å²) in [5, 5.41) is 2.61. The van der Waals surface area contributed by atoms with Crippen LogP contribution in [0.3, 0.4) is 0 Å². The van der Waals surface area contributed by atoms with Gasteiger partial charge in [-0.05, 0) is 24.6 Å². The van der Waals surface area contributed by atoms with Crippen molar-refractivity contribution < 1.29 is 27.1 Å². The molecule has 0 radical (unpaired) electrons. The van der Waals surface area contributed by atoms with Gasteiger partial charge in [0.25, 0.3) is 5.91 Å². The molecule has 0 unspecified atom stereocenters. The zero-order valence-electron chi connectivity index (χ0n) is 15.4. The Morgan fingerprint density at radius 3 is 2.56 bits per heavy atom. The Morgan fingerprint density at radius 2 is 1.93 bits per heavy atom. The number of nitrogens with zero attached hydrogens (tertiary/aromatic N) is 1. The molecule has 2 aliphatic heterocycles. The second kappa shape index (κ2) is 8.22. The summed E-state index contributed by atoms with van der Waals surface area (Å²) >= 11 is 0. The number of carbonyl (C=O) groups is 1. The highest BCUT2D eigenvalue weighted by Crippen LogP contribution is 2.33. The number of halogens is 1. The molecule has 0 aliphatic carbocycles. The first-order valence-corrected chi connectivity index (χ1v) is 10.7. The van der Waals surface area contributed by atoms with E-state index in [2.05, 4.69) is 5.32 Å². The summed E-state index contributed by atoms with van der Waals surface area (Å²) in [7, 11) is -3.83. The van der Waals surface area contributed by atoms with Gasteiger partial charge in [0.05, 0.1) is 23.7 Å². The molecule has 7 nitrogen and oxygen atoms in total. The lowest BCUT2D eigenvalue weighted by atomic mass is 10.1. The third kappa shape index (κ3) is 4.31. The molecule has 1 amide bonds. The van der Waals surface area contributed by atoms with Gasteiger partial charge in [-0.25, -0.2) is 12.8 Å². The number of nitrogens with one attached hydrogen (secondary N) is 1. The lowest BCUT2D eigenvalue weighted by Crippen LogP contribution is -2.47. The fraction of sp³-hybridized carbons (Fsp3) is 0.611. The number of amides is 1. The van der Waals surface area contributed by atoms with Gasteiger partial charge in [0, 0.05) is 32.5 Å². The molecule has 0 saturated carbocycles. The zero-order valence-corrected chi connectivity index (χ0v) is 16.2. The maximum Gasteiger partial charge on any atom is 0.254 e. The maximum absolute atomic E-state index is 14.1. The molecular formula is C18H25FN2O5S. The first-order chi connectivity index (χ1) is 12.9. The van der Waals surface area contributed by atoms with Crippen LogP contribution in [-0.4, -0.2) is 57.3 Å². The van der Waals surface area contributed by atoms with Crippen molar-refractivity contribution in [2.75, 3.05) is 32.8 Å². The largest absolute Gasteiger partial charge is 0.352 e. The minimum Gasteiger partial charge on any atom is -0.352 e. The van der Waals surface area contributed by atoms with Gasteiger partial charge in [0.15, 0.2) is 5.79 Å². The maximum atomic E-state index is 14.1. The Bertz CT molecular complexity index is 783. The van der Waals surface area contributed by atoms with Crippen LogP contribution >= 0.6 is 0 Å². The van der Waals surface area contributed by atoms with E-state index in [4.69, 9.17) is 9.47 Å². The standard InChI is InChI=1S/C18H25FN2O5S/c1-2-3-8-20-17(22)15-13-14(4-5-16(15)19)27(23,24)21-9-6-18(7-10-21)25-11-12-26-18/h4-5,13H,2-3,6-12H2,1H3,(H,20,22). The molecule has 1 aromatic carbocycles. The number of ether oxygens (including phenoxy) is 2. The summed E-state index contributed by atoms with van der Waals surface area (Å²) < 4.78 is 52.5. The number of hydrogen-bond acceptors (Lipinski definition) is 5. The fourth-order valence-electron chi connectivity index (χ4n) is 3.31. The molecule has 150 valence electrons. The lowest BCUT2D eigenvalue weighted by Gasteiger charge is -2.36. The van der Waals surface area contributed by atoms with Gasteiger partial charge in [-0.2, -0.15) is 4.31 Å². The lowest BCUT2D eigenvalue weighted by molar-refractivity contribution is -0.179. The van der Waals surface area contributed by atoms with E-state index in [0.717, 1.165) is 25.0 Å². The molecule has 0 bridgehead atoms. The van der Waals surface area contributed by atoms with Gasteiger partial charge >= 0.3 is 0 Å². The van der Waals surface area contributed by atoms with Crippen molar-refractivity contribution in [2.45, 2.75) is 43.3 Å². The number of unbranched alkanes of at least 4 members (excludes halogenated alkanes) is 1. The minimum atomic E-state index is -3.83. The minimum absolute atomic E-state index is 0.0891. The second-order valence-corrected chi connectivity index (χ2v) is 8.70. The van der Waals surface area contributed by atoms with Crippen LogP contribution in [0.5, 0.6) is 0 Å². The van der Waals surface area contributed by atoms with Crippen LogP contribution in [0, 0.1) is 5.82 Å². The van der Waals surface area contributed by atoms with Crippen molar-refractivity contribution in [3.05, 3.63) is 29.6 Å². The first-order valence-electron chi connectivity index (χ1n) is 9.24. The zero-order chi connectivity index (χ0) is 19.5. The number of carbonyl (C=O) groups excluding carboxylic acids is 1. The topological polar surface area (TPSA) is 84.9 Å². The summed E-state index contributed by atoms with van der Waals surface area (Å²) in [6.07, 6.45) is 2.54. The Kier molecular flexibility index (Phi) is 6.15. The Balaban J connectivity index is 1.74. The highest BCUT2D eigenvalue weighted by molar-refractivity contribution is 7.89. The second-order valence-electron chi connectivity index (χ2n) is 6.76. The molecule has 1 N–H and O–H groups in total. The molecule has 2 saturated heterocycles. The van der Waals surface area contributed by atoms with Crippen molar-refractivity contribution in [2.24, 2.45) is 0 Å². The van der Waals surface area contributed by atoms with Crippen LogP contribution in [-0.2, 0) is 19.5 Å². The molecule has 0 atom stereocenters. The molecule has 2 fully saturated rings. The number of hydrogen-bond donors (Lipinski definition) is 1. The summed E-state index contributed by atoms with van der Waals surface area (Å²) in [5.74, 6) is -2.03. The predicted octanol–water partition coefficient (Wildman–Crippen LogP) is 1.88. The Labute approximate surface area is 158 Å². The SMILES string of the molecule is CCCCNC(=O)c1cc(S(=O)(=O)N2CCC3(CC2)OCCO3)ccc1F. The molecule has 9 heteroatoms. The highest BCUT2D eigenvalue weighted by Gasteiger charge is 2.42. The average Bonchev–Trinajstić information content (AvgIpc) is 3.10. The van der Waals surface area contributed by atoms with Crippen LogP contribution in [0.2, 0.25) is 0 Å². The van der Waals surface area contributed by atoms with E-state index in [-0.39, 0.29) is 23.5 Å². The van der Waals surface area contributed by atoms with Gasteiger partial charge in [-0.3, -0.25) is 4.79 Å². The van der Waals surface area contributed by atoms with E-state index in [1.165, 1.54) is 10.4 Å². The van der Waals surface area contributed by atoms with Gasteiger partial charge < -0.3 is 14.8 Å². The summed E-state index contributed by atoms with van der Waals surface area (Å²) in [6.45, 7) is 3.92. The van der Waals surface area contributed by atoms with E-state index in [1.807, 2.05) is 6.92 Å². The highest BCUT2D eigenvalue weighted by atomic mass is 32.2. The smallest absolute Gasteiger partial charge is 0.254 e. The van der Waals surface area contributed by atoms with E-state index in [1.54, 1.807) is 0 Å². The van der Waals surface area contributed by atoms with Crippen molar-refractivity contribution >= 4 is 15.9 Å². The number of benzene rings is 1. The van der Waals surface area contributed by atoms with Crippen LogP contribution in [0.1, 0.15) is 43.0 Å². The predicted molar refractivity (Wildman–Crippen MR) is 96.3 cm³/mol. The average molecular weight is 400 g/mol. The Hall–Kier alpha value is -1.55. The van der Waals surface area contributed by atoms with Gasteiger partial charge in [0.2, 0.25) is 10.0 Å². The van der Waals surface area contributed by atoms with Crippen molar-refractivity contribution in [1.82, 2.24) is 9.62 Å². The first kappa shape index (κ1) is 20.2. The van der Waals surface area contributed by atoms with Gasteiger partial charge in [-0.15, -0.1) is 0 Å². The van der Waals surface area contributed by atoms with Crippen LogP contribution < -0.4 is 5.32 Å². The third-order valence-electron chi connectivity index (χ3n) is 4.93. The number of sulfonamides is 1. The third-order valence-corrected chi connectivity index (χ3v) is 6.83. The van der Waals surface area contributed by atoms with Crippen molar-refractivity contribution in [3.8, 4) is 0 Å².